The van der Waals surface area contributed by atoms with E-state index in [1.807, 2.05) is 0 Å². The smallest absolute Gasteiger partial charge is 0.306 e. The lowest BCUT2D eigenvalue weighted by molar-refractivity contribution is -0.322. The van der Waals surface area contributed by atoms with Crippen LogP contribution < -0.4 is 0 Å². The quantitative estimate of drug-likeness (QED) is 0.0918. The topological polar surface area (TPSA) is 186 Å². The molecule has 2 fully saturated rings. The van der Waals surface area contributed by atoms with Crippen molar-refractivity contribution in [2.75, 3.05) is 6.61 Å². The molecule has 40 heavy (non-hydrogen) atoms. The van der Waals surface area contributed by atoms with Crippen molar-refractivity contribution in [1.29, 1.82) is 0 Å². The molecule has 2 rings (SSSR count). The molecule has 1 aliphatic heterocycles. The molecule has 1 aliphatic carbocycles. The lowest BCUT2D eigenvalue weighted by atomic mass is 9.84. The summed E-state index contributed by atoms with van der Waals surface area (Å²) in [6.45, 7) is 4.17. The Morgan fingerprint density at radius 1 is 0.650 bits per heavy atom. The molecule has 0 unspecified atom stereocenters. The SMILES string of the molecule is CC(C)CCCCCCCCCCCCCCC(=O)O[C@@H]1[C@H](O)[C@@H](O)[C@H](O)[C@@H](O)[C@@H]1O[C@@H]1OC[C@@H](O)[C@H](O)[C@H]1O. The summed E-state index contributed by atoms with van der Waals surface area (Å²) in [5.74, 6) is 0.133. The van der Waals surface area contributed by atoms with Crippen LogP contribution in [0.25, 0.3) is 0 Å². The molecule has 0 spiro atoms. The maximum atomic E-state index is 12.5. The summed E-state index contributed by atoms with van der Waals surface area (Å²) < 4.78 is 16.0. The van der Waals surface area contributed by atoms with Crippen molar-refractivity contribution in [2.45, 2.75) is 165 Å². The van der Waals surface area contributed by atoms with Crippen LogP contribution in [0.3, 0.4) is 0 Å². The van der Waals surface area contributed by atoms with Crippen molar-refractivity contribution < 1.29 is 54.8 Å². The number of aliphatic hydroxyl groups excluding tert-OH is 7. The third kappa shape index (κ3) is 11.4. The van der Waals surface area contributed by atoms with Gasteiger partial charge in [0.1, 0.15) is 48.8 Å². The van der Waals surface area contributed by atoms with E-state index in [2.05, 4.69) is 13.8 Å². The van der Waals surface area contributed by atoms with Crippen LogP contribution in [0.5, 0.6) is 0 Å². The minimum absolute atomic E-state index is 0.0644. The molecule has 0 aromatic heterocycles. The highest BCUT2D eigenvalue weighted by Crippen LogP contribution is 2.30. The average molecular weight is 579 g/mol. The van der Waals surface area contributed by atoms with E-state index in [9.17, 15) is 40.5 Å². The molecule has 0 aromatic carbocycles. The first-order valence-electron chi connectivity index (χ1n) is 15.3. The molecule has 1 heterocycles. The highest BCUT2D eigenvalue weighted by atomic mass is 16.7. The summed E-state index contributed by atoms with van der Waals surface area (Å²) in [5, 5.41) is 70.8. The molecular formula is C29H54O11. The molecule has 7 N–H and O–H groups in total. The van der Waals surface area contributed by atoms with E-state index in [1.54, 1.807) is 0 Å². The van der Waals surface area contributed by atoms with Gasteiger partial charge in [-0.2, -0.15) is 0 Å². The van der Waals surface area contributed by atoms with Crippen molar-refractivity contribution >= 4 is 5.97 Å². The van der Waals surface area contributed by atoms with Gasteiger partial charge >= 0.3 is 5.97 Å². The van der Waals surface area contributed by atoms with E-state index in [-0.39, 0.29) is 13.0 Å². The highest BCUT2D eigenvalue weighted by molar-refractivity contribution is 5.69. The predicted molar refractivity (Wildman–Crippen MR) is 146 cm³/mol. The van der Waals surface area contributed by atoms with Crippen LogP contribution in [0.1, 0.15) is 104 Å². The van der Waals surface area contributed by atoms with Crippen LogP contribution in [0.2, 0.25) is 0 Å². The monoisotopic (exact) mass is 578 g/mol. The number of hydrogen-bond donors (Lipinski definition) is 7. The third-order valence-electron chi connectivity index (χ3n) is 7.97. The fourth-order valence-corrected chi connectivity index (χ4v) is 5.33. The molecule has 0 bridgehead atoms. The summed E-state index contributed by atoms with van der Waals surface area (Å²) in [6.07, 6.45) is -1.34. The Kier molecular flexibility index (Phi) is 16.4. The molecule has 1 saturated heterocycles. The maximum absolute atomic E-state index is 12.5. The normalized spacial score (nSPS) is 34.8. The zero-order valence-electron chi connectivity index (χ0n) is 24.2. The van der Waals surface area contributed by atoms with Crippen LogP contribution in [-0.2, 0) is 19.0 Å². The molecule has 11 heteroatoms. The van der Waals surface area contributed by atoms with E-state index in [1.165, 1.54) is 57.8 Å². The Labute approximate surface area is 238 Å². The van der Waals surface area contributed by atoms with Gasteiger partial charge in [-0.05, 0) is 12.3 Å². The molecule has 0 radical (unpaired) electrons. The first-order chi connectivity index (χ1) is 19.0. The third-order valence-corrected chi connectivity index (χ3v) is 7.97. The van der Waals surface area contributed by atoms with Gasteiger partial charge in [-0.1, -0.05) is 90.9 Å². The van der Waals surface area contributed by atoms with Gasteiger partial charge < -0.3 is 50.0 Å². The summed E-state index contributed by atoms with van der Waals surface area (Å²) in [6, 6.07) is 0. The Morgan fingerprint density at radius 3 is 1.65 bits per heavy atom. The van der Waals surface area contributed by atoms with Crippen molar-refractivity contribution in [1.82, 2.24) is 0 Å². The van der Waals surface area contributed by atoms with Crippen LogP contribution in [0.15, 0.2) is 0 Å². The van der Waals surface area contributed by atoms with Gasteiger partial charge in [-0.3, -0.25) is 4.79 Å². The Morgan fingerprint density at radius 2 is 1.12 bits per heavy atom. The fourth-order valence-electron chi connectivity index (χ4n) is 5.33. The average Bonchev–Trinajstić information content (AvgIpc) is 2.92. The van der Waals surface area contributed by atoms with Crippen molar-refractivity contribution in [3.63, 3.8) is 0 Å². The second kappa shape index (κ2) is 18.6. The number of hydrogen-bond acceptors (Lipinski definition) is 11. The minimum atomic E-state index is -1.82. The first-order valence-corrected chi connectivity index (χ1v) is 15.3. The van der Waals surface area contributed by atoms with Gasteiger partial charge in [0.2, 0.25) is 0 Å². The first kappa shape index (κ1) is 35.3. The second-order valence-electron chi connectivity index (χ2n) is 11.9. The number of esters is 1. The molecule has 11 nitrogen and oxygen atoms in total. The Bertz CT molecular complexity index is 693. The van der Waals surface area contributed by atoms with Crippen molar-refractivity contribution in [2.24, 2.45) is 5.92 Å². The standard InChI is InChI=1S/C29H54O11/c1-18(2)15-13-11-9-7-5-3-4-6-8-10-12-14-16-20(31)39-27-24(35)22(33)23(34)25(36)28(27)40-29-26(37)21(32)19(30)17-38-29/h18-19,21-30,32-37H,3-17H2,1-2H3/t19-,21+,22+,23+,24-,25-,26-,27-,28+,29+/m1/s1. The largest absolute Gasteiger partial charge is 0.457 e. The number of unbranched alkanes of at least 4 members (excludes halogenated alkanes) is 11. The highest BCUT2D eigenvalue weighted by Gasteiger charge is 2.53. The van der Waals surface area contributed by atoms with Crippen molar-refractivity contribution in [3.05, 3.63) is 0 Å². The van der Waals surface area contributed by atoms with E-state index < -0.39 is 67.2 Å². The van der Waals surface area contributed by atoms with Gasteiger partial charge in [0, 0.05) is 6.42 Å². The van der Waals surface area contributed by atoms with Gasteiger partial charge in [0.15, 0.2) is 12.4 Å². The van der Waals surface area contributed by atoms with E-state index >= 15 is 0 Å². The molecule has 10 atom stereocenters. The Hall–Kier alpha value is -0.890. The zero-order chi connectivity index (χ0) is 29.7. The summed E-state index contributed by atoms with van der Waals surface area (Å²) in [5.41, 5.74) is 0. The minimum Gasteiger partial charge on any atom is -0.457 e. The predicted octanol–water partition coefficient (Wildman–Crippen LogP) is 1.30. The van der Waals surface area contributed by atoms with Crippen LogP contribution in [-0.4, -0.2) is 110 Å². The molecule has 236 valence electrons. The Balaban J connectivity index is 1.66. The molecular weight excluding hydrogens is 524 g/mol. The summed E-state index contributed by atoms with van der Waals surface area (Å²) in [7, 11) is 0. The van der Waals surface area contributed by atoms with Crippen LogP contribution in [0, 0.1) is 5.92 Å². The van der Waals surface area contributed by atoms with Gasteiger partial charge in [-0.25, -0.2) is 0 Å². The molecule has 2 aliphatic rings. The number of carbonyl (C=O) groups is 1. The van der Waals surface area contributed by atoms with Crippen molar-refractivity contribution in [3.8, 4) is 0 Å². The van der Waals surface area contributed by atoms with Crippen LogP contribution in [0.4, 0.5) is 0 Å². The van der Waals surface area contributed by atoms with Gasteiger partial charge in [0.25, 0.3) is 0 Å². The zero-order valence-corrected chi connectivity index (χ0v) is 24.2. The molecule has 0 amide bonds. The molecule has 1 saturated carbocycles. The second-order valence-corrected chi connectivity index (χ2v) is 11.9. The van der Waals surface area contributed by atoms with Gasteiger partial charge in [0.05, 0.1) is 6.61 Å². The van der Waals surface area contributed by atoms with Gasteiger partial charge in [-0.15, -0.1) is 0 Å². The lowest BCUT2D eigenvalue weighted by Gasteiger charge is -2.45. The molecule has 0 aromatic rings. The number of aliphatic hydroxyl groups is 7. The number of ether oxygens (including phenoxy) is 3. The van der Waals surface area contributed by atoms with Crippen LogP contribution >= 0.6 is 0 Å². The fraction of sp³-hybridized carbons (Fsp3) is 0.966. The lowest BCUT2D eigenvalue weighted by Crippen LogP contribution is -2.67. The summed E-state index contributed by atoms with van der Waals surface area (Å²) in [4.78, 5) is 12.5. The maximum Gasteiger partial charge on any atom is 0.306 e. The number of carbonyl (C=O) groups excluding carboxylic acids is 1. The summed E-state index contributed by atoms with van der Waals surface area (Å²) >= 11 is 0. The van der Waals surface area contributed by atoms with E-state index in [4.69, 9.17) is 14.2 Å². The number of rotatable bonds is 18. The van der Waals surface area contributed by atoms with E-state index in [0.717, 1.165) is 25.2 Å². The van der Waals surface area contributed by atoms with E-state index in [0.29, 0.717) is 6.42 Å².